The molecule has 0 bridgehead atoms. The fourth-order valence-electron chi connectivity index (χ4n) is 6.08. The van der Waals surface area contributed by atoms with Crippen molar-refractivity contribution in [2.24, 2.45) is 0 Å². The lowest BCUT2D eigenvalue weighted by Gasteiger charge is -2.26. The van der Waals surface area contributed by atoms with E-state index >= 15 is 0 Å². The summed E-state index contributed by atoms with van der Waals surface area (Å²) in [6, 6.07) is 13.7. The zero-order chi connectivity index (χ0) is 32.5. The molecule has 3 aliphatic heterocycles. The van der Waals surface area contributed by atoms with Gasteiger partial charge in [0.15, 0.2) is 0 Å². The molecule has 0 aromatic heterocycles. The Morgan fingerprint density at radius 3 is 2.15 bits per heavy atom. The van der Waals surface area contributed by atoms with Crippen LogP contribution in [0.25, 0.3) is 0 Å². The largest absolute Gasteiger partial charge is 0.497 e. The van der Waals surface area contributed by atoms with Crippen LogP contribution in [0, 0.1) is 0 Å². The quantitative estimate of drug-likeness (QED) is 0.194. The Morgan fingerprint density at radius 2 is 1.54 bits per heavy atom. The van der Waals surface area contributed by atoms with Gasteiger partial charge in [-0.1, -0.05) is 24.3 Å². The molecular weight excluding hydrogens is 596 g/mol. The van der Waals surface area contributed by atoms with E-state index in [-0.39, 0.29) is 37.3 Å². The van der Waals surface area contributed by atoms with E-state index in [1.807, 2.05) is 0 Å². The van der Waals surface area contributed by atoms with Crippen LogP contribution in [0.15, 0.2) is 60.7 Å². The molecule has 3 aromatic carbocycles. The number of rotatable bonds is 9. The zero-order valence-corrected chi connectivity index (χ0v) is 24.8. The molecule has 3 aromatic rings. The van der Waals surface area contributed by atoms with Crippen molar-refractivity contribution in [2.45, 2.75) is 44.2 Å². The maximum Gasteiger partial charge on any atom is 0.491 e. The van der Waals surface area contributed by atoms with Gasteiger partial charge in [0.05, 0.1) is 32.8 Å². The average molecular weight is 627 g/mol. The monoisotopic (exact) mass is 627 g/mol. The number of carboxylic acids is 1. The normalized spacial score (nSPS) is 19.0. The molecule has 0 spiro atoms. The van der Waals surface area contributed by atoms with Crippen molar-refractivity contribution in [3.8, 4) is 5.75 Å². The van der Waals surface area contributed by atoms with Crippen LogP contribution < -0.4 is 26.3 Å². The number of hydrogen-bond acceptors (Lipinski definition) is 9. The van der Waals surface area contributed by atoms with Crippen molar-refractivity contribution in [1.82, 2.24) is 15.5 Å². The third-order valence-corrected chi connectivity index (χ3v) is 8.54. The van der Waals surface area contributed by atoms with E-state index in [2.05, 4.69) is 10.6 Å². The van der Waals surface area contributed by atoms with Crippen molar-refractivity contribution in [1.29, 1.82) is 0 Å². The molecule has 236 valence electrons. The Hall–Kier alpha value is -4.69. The second-order valence-electron chi connectivity index (χ2n) is 11.5. The molecule has 1 unspecified atom stereocenters. The second kappa shape index (κ2) is 13.0. The van der Waals surface area contributed by atoms with Crippen LogP contribution in [-0.2, 0) is 32.1 Å². The number of likely N-dealkylation sites (tertiary alicyclic amines) is 1. The van der Waals surface area contributed by atoms with Gasteiger partial charge in [-0.15, -0.1) is 0 Å². The number of carboxylic acid groups (broad SMARTS) is 1. The topological polar surface area (TPSA) is 184 Å². The highest BCUT2D eigenvalue weighted by Crippen LogP contribution is 2.26. The Kier molecular flexibility index (Phi) is 8.82. The first kappa shape index (κ1) is 31.3. The summed E-state index contributed by atoms with van der Waals surface area (Å²) in [6.45, 7) is 0.428. The summed E-state index contributed by atoms with van der Waals surface area (Å²) in [5, 5.41) is 35.6. The minimum absolute atomic E-state index is 0.0123. The molecule has 3 aliphatic rings. The van der Waals surface area contributed by atoms with E-state index in [9.17, 15) is 34.3 Å². The first-order valence-electron chi connectivity index (χ1n) is 14.7. The molecule has 46 heavy (non-hydrogen) atoms. The summed E-state index contributed by atoms with van der Waals surface area (Å²) in [5.74, 6) is -2.12. The lowest BCUT2D eigenvalue weighted by Crippen LogP contribution is -2.47. The van der Waals surface area contributed by atoms with Gasteiger partial charge in [0, 0.05) is 23.7 Å². The third kappa shape index (κ3) is 6.35. The predicted molar refractivity (Wildman–Crippen MR) is 165 cm³/mol. The molecule has 3 heterocycles. The van der Waals surface area contributed by atoms with E-state index in [1.165, 1.54) is 18.1 Å². The molecule has 3 amide bonds. The molecule has 0 radical (unpaired) electrons. The predicted octanol–water partition coefficient (Wildman–Crippen LogP) is -0.524. The Bertz CT molecular complexity index is 1690. The lowest BCUT2D eigenvalue weighted by atomic mass is 9.78. The number of aliphatic carboxylic acids is 1. The molecule has 13 nitrogen and oxygen atoms in total. The molecule has 0 saturated carbocycles. The van der Waals surface area contributed by atoms with Crippen molar-refractivity contribution >= 4 is 48.9 Å². The molecule has 5 N–H and O–H groups in total. The van der Waals surface area contributed by atoms with Crippen molar-refractivity contribution < 1.29 is 48.4 Å². The maximum atomic E-state index is 13.9. The minimum Gasteiger partial charge on any atom is -0.497 e. The second-order valence-corrected chi connectivity index (χ2v) is 11.5. The van der Waals surface area contributed by atoms with Gasteiger partial charge >= 0.3 is 20.2 Å². The zero-order valence-electron chi connectivity index (χ0n) is 24.8. The SMILES string of the molecule is COc1ccc([C@H](CC(=O)O)NC(=O)[C@@H]2CC(NC(=O)c3ccc4c(c3)B(O)OC4)CN2C(=O)c2ccc3c(c2)B(O)OC3)cc1. The van der Waals surface area contributed by atoms with E-state index in [0.717, 1.165) is 11.1 Å². The van der Waals surface area contributed by atoms with E-state index in [4.69, 9.17) is 14.0 Å². The van der Waals surface area contributed by atoms with Gasteiger partial charge in [-0.2, -0.15) is 0 Å². The number of ether oxygens (including phenoxy) is 1. The van der Waals surface area contributed by atoms with Gasteiger partial charge in [-0.3, -0.25) is 19.2 Å². The average Bonchev–Trinajstić information content (AvgIpc) is 3.76. The minimum atomic E-state index is -1.18. The smallest absolute Gasteiger partial charge is 0.491 e. The molecule has 6 rings (SSSR count). The van der Waals surface area contributed by atoms with Gasteiger partial charge in [0.2, 0.25) is 5.91 Å². The van der Waals surface area contributed by atoms with Gasteiger partial charge in [-0.05, 0) is 70.4 Å². The van der Waals surface area contributed by atoms with Crippen LogP contribution in [0.5, 0.6) is 5.75 Å². The number of fused-ring (bicyclic) bond motifs is 2. The number of carbonyl (C=O) groups is 4. The first-order valence-corrected chi connectivity index (χ1v) is 14.7. The van der Waals surface area contributed by atoms with E-state index in [0.29, 0.717) is 22.2 Å². The van der Waals surface area contributed by atoms with E-state index in [1.54, 1.807) is 54.6 Å². The van der Waals surface area contributed by atoms with Gasteiger partial charge in [0.1, 0.15) is 11.8 Å². The standard InChI is InChI=1S/C31H31B2N3O10/c1-44-23-8-6-17(7-9-23)26(13-28(37)38)35-30(40)27-12-22(34-29(39)18-2-4-20-15-45-32(42)24(20)10-18)14-36(27)31(41)19-3-5-21-16-46-33(43)25(21)11-19/h2-11,22,26-27,42-43H,12-16H2,1H3,(H,34,39)(H,35,40)(H,37,38)/t22?,26-,27-/m0/s1. The summed E-state index contributed by atoms with van der Waals surface area (Å²) >= 11 is 0. The number of hydrogen-bond donors (Lipinski definition) is 5. The highest BCUT2D eigenvalue weighted by Gasteiger charge is 2.42. The third-order valence-electron chi connectivity index (χ3n) is 8.54. The van der Waals surface area contributed by atoms with Crippen molar-refractivity contribution in [3.63, 3.8) is 0 Å². The van der Waals surface area contributed by atoms with Crippen LogP contribution in [0.3, 0.4) is 0 Å². The Balaban J connectivity index is 1.25. The summed E-state index contributed by atoms with van der Waals surface area (Å²) in [4.78, 5) is 54.1. The van der Waals surface area contributed by atoms with Crippen LogP contribution in [-0.4, -0.2) is 83.7 Å². The van der Waals surface area contributed by atoms with Crippen molar-refractivity contribution in [2.75, 3.05) is 13.7 Å². The lowest BCUT2D eigenvalue weighted by molar-refractivity contribution is -0.138. The van der Waals surface area contributed by atoms with Crippen molar-refractivity contribution in [3.05, 3.63) is 88.5 Å². The molecule has 3 atom stereocenters. The van der Waals surface area contributed by atoms with Crippen LogP contribution in [0.4, 0.5) is 0 Å². The fourth-order valence-corrected chi connectivity index (χ4v) is 6.08. The fraction of sp³-hybridized carbons (Fsp3) is 0.290. The molecule has 15 heteroatoms. The highest BCUT2D eigenvalue weighted by molar-refractivity contribution is 6.62. The first-order chi connectivity index (χ1) is 22.1. The van der Waals surface area contributed by atoms with Gasteiger partial charge in [0.25, 0.3) is 11.8 Å². The Morgan fingerprint density at radius 1 is 0.935 bits per heavy atom. The van der Waals surface area contributed by atoms with Crippen LogP contribution >= 0.6 is 0 Å². The number of nitrogens with one attached hydrogen (secondary N) is 2. The molecule has 1 saturated heterocycles. The van der Waals surface area contributed by atoms with Gasteiger partial charge < -0.3 is 44.7 Å². The number of methoxy groups -OCH3 is 1. The number of benzene rings is 3. The Labute approximate surface area is 264 Å². The molecule has 0 aliphatic carbocycles. The van der Waals surface area contributed by atoms with Gasteiger partial charge in [-0.25, -0.2) is 0 Å². The summed E-state index contributed by atoms with van der Waals surface area (Å²) in [7, 11) is -0.801. The number of nitrogens with zero attached hydrogens (tertiary/aromatic N) is 1. The number of amides is 3. The summed E-state index contributed by atoms with van der Waals surface area (Å²) < 4.78 is 15.7. The maximum absolute atomic E-state index is 13.9. The van der Waals surface area contributed by atoms with E-state index < -0.39 is 62.5 Å². The summed E-state index contributed by atoms with van der Waals surface area (Å²) in [5.41, 5.74) is 3.51. The molecule has 1 fully saturated rings. The number of carbonyl (C=O) groups excluding carboxylic acids is 3. The summed E-state index contributed by atoms with van der Waals surface area (Å²) in [6.07, 6.45) is -0.353. The van der Waals surface area contributed by atoms with Crippen LogP contribution in [0.1, 0.15) is 56.3 Å². The highest BCUT2D eigenvalue weighted by atomic mass is 16.5. The van der Waals surface area contributed by atoms with Crippen LogP contribution in [0.2, 0.25) is 0 Å². The molecular formula is C31H31B2N3O10.